The van der Waals surface area contributed by atoms with Crippen LogP contribution in [0.3, 0.4) is 0 Å². The Morgan fingerprint density at radius 3 is 2.33 bits per heavy atom. The number of benzene rings is 3. The van der Waals surface area contributed by atoms with Gasteiger partial charge in [0.05, 0.1) is 22.3 Å². The first-order valence-electron chi connectivity index (χ1n) is 9.67. The zero-order valence-electron chi connectivity index (χ0n) is 16.9. The number of hydrogen-bond acceptors (Lipinski definition) is 5. The molecule has 7 nitrogen and oxygen atoms in total. The van der Waals surface area contributed by atoms with Gasteiger partial charge in [0.2, 0.25) is 5.91 Å². The van der Waals surface area contributed by atoms with Gasteiger partial charge in [-0.25, -0.2) is 4.98 Å². The third-order valence-electron chi connectivity index (χ3n) is 4.57. The predicted molar refractivity (Wildman–Crippen MR) is 130 cm³/mol. The SMILES string of the molecule is O=C(CSc1nc2cc(Cl)ccc2c(=O)n1-c1ccc(Cl)cc1)NNC(=O)c1ccccc1. The van der Waals surface area contributed by atoms with Crippen LogP contribution < -0.4 is 16.4 Å². The summed E-state index contributed by atoms with van der Waals surface area (Å²) in [6, 6.07) is 20.0. The van der Waals surface area contributed by atoms with Gasteiger partial charge in [-0.15, -0.1) is 0 Å². The molecule has 0 unspecified atom stereocenters. The molecule has 1 heterocycles. The Morgan fingerprint density at radius 1 is 0.909 bits per heavy atom. The molecule has 0 bridgehead atoms. The Bertz CT molecular complexity index is 1390. The highest BCUT2D eigenvalue weighted by Gasteiger charge is 2.16. The average Bonchev–Trinajstić information content (AvgIpc) is 2.82. The van der Waals surface area contributed by atoms with Crippen LogP contribution in [0.2, 0.25) is 10.0 Å². The van der Waals surface area contributed by atoms with Crippen molar-refractivity contribution in [1.82, 2.24) is 20.4 Å². The fraction of sp³-hybridized carbons (Fsp3) is 0.0435. The standard InChI is InChI=1S/C23H16Cl2N4O3S/c24-15-6-9-17(10-7-15)29-22(32)18-11-8-16(25)12-19(18)26-23(29)33-13-20(30)27-28-21(31)14-4-2-1-3-5-14/h1-12H,13H2,(H,27,30)(H,28,31). The van der Waals surface area contributed by atoms with Crippen LogP contribution >= 0.6 is 35.0 Å². The molecule has 0 radical (unpaired) electrons. The van der Waals surface area contributed by atoms with Gasteiger partial charge in [0.25, 0.3) is 11.5 Å². The van der Waals surface area contributed by atoms with E-state index >= 15 is 0 Å². The minimum atomic E-state index is -0.465. The number of halogens is 2. The quantitative estimate of drug-likeness (QED) is 0.243. The summed E-state index contributed by atoms with van der Waals surface area (Å²) in [6.07, 6.45) is 0. The first-order chi connectivity index (χ1) is 15.9. The van der Waals surface area contributed by atoms with E-state index < -0.39 is 11.8 Å². The molecule has 2 N–H and O–H groups in total. The lowest BCUT2D eigenvalue weighted by molar-refractivity contribution is -0.119. The van der Waals surface area contributed by atoms with Crippen molar-refractivity contribution < 1.29 is 9.59 Å². The van der Waals surface area contributed by atoms with Gasteiger partial charge >= 0.3 is 0 Å². The third kappa shape index (κ3) is 5.36. The topological polar surface area (TPSA) is 93.1 Å². The molecule has 0 saturated heterocycles. The summed E-state index contributed by atoms with van der Waals surface area (Å²) < 4.78 is 1.41. The molecule has 0 aliphatic heterocycles. The number of aromatic nitrogens is 2. The van der Waals surface area contributed by atoms with Gasteiger partial charge in [-0.05, 0) is 54.6 Å². The molecule has 1 aromatic heterocycles. The van der Waals surface area contributed by atoms with Gasteiger partial charge in [0.15, 0.2) is 5.16 Å². The highest BCUT2D eigenvalue weighted by Crippen LogP contribution is 2.23. The van der Waals surface area contributed by atoms with E-state index in [2.05, 4.69) is 15.8 Å². The molecule has 4 aromatic rings. The normalized spacial score (nSPS) is 10.7. The smallest absolute Gasteiger partial charge is 0.269 e. The molecule has 0 aliphatic rings. The van der Waals surface area contributed by atoms with Crippen LogP contribution in [0.25, 0.3) is 16.6 Å². The van der Waals surface area contributed by atoms with Crippen LogP contribution in [-0.2, 0) is 4.79 Å². The minimum Gasteiger partial charge on any atom is -0.272 e. The van der Waals surface area contributed by atoms with E-state index in [0.29, 0.717) is 37.4 Å². The number of hydrogen-bond donors (Lipinski definition) is 2. The Morgan fingerprint density at radius 2 is 1.61 bits per heavy atom. The number of carbonyl (C=O) groups excluding carboxylic acids is 2. The van der Waals surface area contributed by atoms with E-state index in [0.717, 1.165) is 11.8 Å². The maximum atomic E-state index is 13.2. The molecular weight excluding hydrogens is 483 g/mol. The second kappa shape index (κ2) is 10.1. The first-order valence-corrected chi connectivity index (χ1v) is 11.4. The molecule has 166 valence electrons. The average molecular weight is 499 g/mol. The summed E-state index contributed by atoms with van der Waals surface area (Å²) in [7, 11) is 0. The van der Waals surface area contributed by atoms with E-state index in [-0.39, 0.29) is 11.3 Å². The molecule has 0 spiro atoms. The second-order valence-corrected chi connectivity index (χ2v) is 8.65. The Hall–Kier alpha value is -3.33. The summed E-state index contributed by atoms with van der Waals surface area (Å²) in [5.41, 5.74) is 5.80. The second-order valence-electron chi connectivity index (χ2n) is 6.83. The van der Waals surface area contributed by atoms with Crippen LogP contribution in [-0.4, -0.2) is 27.1 Å². The van der Waals surface area contributed by atoms with Gasteiger partial charge in [-0.3, -0.25) is 29.8 Å². The van der Waals surface area contributed by atoms with E-state index in [4.69, 9.17) is 23.2 Å². The number of rotatable bonds is 5. The fourth-order valence-corrected chi connectivity index (χ4v) is 4.11. The maximum absolute atomic E-state index is 13.2. The lowest BCUT2D eigenvalue weighted by atomic mass is 10.2. The van der Waals surface area contributed by atoms with Crippen molar-refractivity contribution in [2.45, 2.75) is 5.16 Å². The number of nitrogens with zero attached hydrogens (tertiary/aromatic N) is 2. The van der Waals surface area contributed by atoms with Crippen LogP contribution in [0.5, 0.6) is 0 Å². The van der Waals surface area contributed by atoms with E-state index in [1.165, 1.54) is 4.57 Å². The van der Waals surface area contributed by atoms with Gasteiger partial charge in [0, 0.05) is 15.6 Å². The first kappa shape index (κ1) is 22.8. The highest BCUT2D eigenvalue weighted by atomic mass is 35.5. The lowest BCUT2D eigenvalue weighted by Gasteiger charge is -2.13. The van der Waals surface area contributed by atoms with E-state index in [1.807, 2.05) is 0 Å². The largest absolute Gasteiger partial charge is 0.272 e. The van der Waals surface area contributed by atoms with Gasteiger partial charge in [0.1, 0.15) is 0 Å². The van der Waals surface area contributed by atoms with Crippen LogP contribution in [0.1, 0.15) is 10.4 Å². The summed E-state index contributed by atoms with van der Waals surface area (Å²) in [5.74, 6) is -1.00. The Kier molecular flexibility index (Phi) is 6.98. The number of amides is 2. The van der Waals surface area contributed by atoms with E-state index in [1.54, 1.807) is 72.8 Å². The lowest BCUT2D eigenvalue weighted by Crippen LogP contribution is -2.42. The number of hydrazine groups is 1. The zero-order valence-corrected chi connectivity index (χ0v) is 19.2. The minimum absolute atomic E-state index is 0.0961. The maximum Gasteiger partial charge on any atom is 0.269 e. The fourth-order valence-electron chi connectivity index (χ4n) is 3.01. The molecule has 0 atom stereocenters. The molecule has 0 fully saturated rings. The van der Waals surface area contributed by atoms with Gasteiger partial charge in [-0.2, -0.15) is 0 Å². The molecule has 0 saturated carbocycles. The van der Waals surface area contributed by atoms with Gasteiger partial charge in [-0.1, -0.05) is 53.2 Å². The van der Waals surface area contributed by atoms with Crippen LogP contribution in [0.15, 0.2) is 82.7 Å². The molecule has 10 heteroatoms. The van der Waals surface area contributed by atoms with Crippen molar-refractivity contribution in [2.24, 2.45) is 0 Å². The summed E-state index contributed by atoms with van der Waals surface area (Å²) in [4.78, 5) is 42.2. The van der Waals surface area contributed by atoms with Gasteiger partial charge < -0.3 is 0 Å². The van der Waals surface area contributed by atoms with Crippen molar-refractivity contribution in [3.05, 3.63) is 98.8 Å². The monoisotopic (exact) mass is 498 g/mol. The van der Waals surface area contributed by atoms with Crippen molar-refractivity contribution in [3.63, 3.8) is 0 Å². The molecular formula is C23H16Cl2N4O3S. The van der Waals surface area contributed by atoms with Crippen LogP contribution in [0, 0.1) is 0 Å². The van der Waals surface area contributed by atoms with Crippen molar-refractivity contribution in [3.8, 4) is 5.69 Å². The molecule has 3 aromatic carbocycles. The van der Waals surface area contributed by atoms with E-state index in [9.17, 15) is 14.4 Å². The third-order valence-corrected chi connectivity index (χ3v) is 5.99. The highest BCUT2D eigenvalue weighted by molar-refractivity contribution is 7.99. The van der Waals surface area contributed by atoms with Crippen molar-refractivity contribution in [1.29, 1.82) is 0 Å². The summed E-state index contributed by atoms with van der Waals surface area (Å²) in [5, 5.41) is 1.64. The van der Waals surface area contributed by atoms with Crippen molar-refractivity contribution in [2.75, 3.05) is 5.75 Å². The molecule has 0 aliphatic carbocycles. The Balaban J connectivity index is 1.57. The summed E-state index contributed by atoms with van der Waals surface area (Å²) >= 11 is 13.1. The number of nitrogens with one attached hydrogen (secondary N) is 2. The molecule has 33 heavy (non-hydrogen) atoms. The number of fused-ring (bicyclic) bond motifs is 1. The molecule has 2 amide bonds. The number of thioether (sulfide) groups is 1. The summed E-state index contributed by atoms with van der Waals surface area (Å²) in [6.45, 7) is 0. The van der Waals surface area contributed by atoms with Crippen molar-refractivity contribution >= 4 is 57.7 Å². The molecule has 4 rings (SSSR count). The number of carbonyl (C=O) groups is 2. The van der Waals surface area contributed by atoms with Crippen LogP contribution in [0.4, 0.5) is 0 Å². The predicted octanol–water partition coefficient (Wildman–Crippen LogP) is 4.25. The Labute approximate surface area is 202 Å². The zero-order chi connectivity index (χ0) is 23.4.